The lowest BCUT2D eigenvalue weighted by molar-refractivity contribution is 0.206. The van der Waals surface area contributed by atoms with Gasteiger partial charge < -0.3 is 5.32 Å². The molecule has 0 heterocycles. The first-order valence-corrected chi connectivity index (χ1v) is 6.50. The molecule has 1 nitrogen and oxygen atoms in total. The van der Waals surface area contributed by atoms with E-state index in [9.17, 15) is 0 Å². The maximum Gasteiger partial charge on any atom is 0.0120 e. The van der Waals surface area contributed by atoms with Crippen molar-refractivity contribution < 1.29 is 0 Å². The molecule has 0 saturated heterocycles. The summed E-state index contributed by atoms with van der Waals surface area (Å²) in [5, 5.41) is 3.57. The summed E-state index contributed by atoms with van der Waals surface area (Å²) in [5.74, 6) is 1.85. The molecule has 0 radical (unpaired) electrons. The molecule has 1 aliphatic carbocycles. The van der Waals surface area contributed by atoms with Crippen LogP contribution in [0, 0.1) is 11.8 Å². The van der Waals surface area contributed by atoms with E-state index >= 15 is 0 Å². The van der Waals surface area contributed by atoms with Gasteiger partial charge >= 0.3 is 0 Å². The zero-order valence-corrected chi connectivity index (χ0v) is 10.2. The summed E-state index contributed by atoms with van der Waals surface area (Å²) in [6.45, 7) is 4.67. The third-order valence-corrected chi connectivity index (χ3v) is 4.05. The van der Waals surface area contributed by atoms with Crippen molar-refractivity contribution in [2.75, 3.05) is 7.05 Å². The van der Waals surface area contributed by atoms with Gasteiger partial charge in [0.25, 0.3) is 0 Å². The monoisotopic (exact) mass is 197 g/mol. The van der Waals surface area contributed by atoms with E-state index < -0.39 is 0 Å². The summed E-state index contributed by atoms with van der Waals surface area (Å²) in [7, 11) is 2.15. The Labute approximate surface area is 89.7 Å². The molecule has 0 bridgehead atoms. The summed E-state index contributed by atoms with van der Waals surface area (Å²) in [6, 6.07) is 0.783. The van der Waals surface area contributed by atoms with E-state index in [1.807, 2.05) is 0 Å². The molecule has 1 fully saturated rings. The van der Waals surface area contributed by atoms with Crippen molar-refractivity contribution in [1.29, 1.82) is 0 Å². The Bertz CT molecular complexity index is 134. The number of nitrogens with one attached hydrogen (secondary N) is 1. The van der Waals surface area contributed by atoms with Crippen molar-refractivity contribution in [3.05, 3.63) is 0 Å². The zero-order chi connectivity index (χ0) is 10.4. The second-order valence-electron chi connectivity index (χ2n) is 4.79. The van der Waals surface area contributed by atoms with E-state index in [0.717, 1.165) is 17.9 Å². The fourth-order valence-electron chi connectivity index (χ4n) is 3.15. The van der Waals surface area contributed by atoms with Crippen LogP contribution < -0.4 is 5.32 Å². The molecule has 1 unspecified atom stereocenters. The molecule has 1 saturated carbocycles. The summed E-state index contributed by atoms with van der Waals surface area (Å²) in [4.78, 5) is 0. The van der Waals surface area contributed by atoms with Crippen LogP contribution in [0.15, 0.2) is 0 Å². The van der Waals surface area contributed by atoms with Crippen LogP contribution in [0.25, 0.3) is 0 Å². The van der Waals surface area contributed by atoms with Crippen LogP contribution in [0.3, 0.4) is 0 Å². The average Bonchev–Trinajstić information content (AvgIpc) is 2.27. The van der Waals surface area contributed by atoms with Crippen LogP contribution in [0.4, 0.5) is 0 Å². The number of hydrogen-bond donors (Lipinski definition) is 1. The number of rotatable bonds is 5. The van der Waals surface area contributed by atoms with Crippen LogP contribution >= 0.6 is 0 Å². The third-order valence-electron chi connectivity index (χ3n) is 4.05. The van der Waals surface area contributed by atoms with Crippen LogP contribution in [0.1, 0.15) is 58.8 Å². The average molecular weight is 197 g/mol. The van der Waals surface area contributed by atoms with Crippen molar-refractivity contribution in [2.45, 2.75) is 64.8 Å². The van der Waals surface area contributed by atoms with Gasteiger partial charge in [-0.2, -0.15) is 0 Å². The van der Waals surface area contributed by atoms with Crippen molar-refractivity contribution in [3.8, 4) is 0 Å². The summed E-state index contributed by atoms with van der Waals surface area (Å²) < 4.78 is 0. The van der Waals surface area contributed by atoms with Gasteiger partial charge in [0.1, 0.15) is 0 Å². The van der Waals surface area contributed by atoms with Gasteiger partial charge in [-0.15, -0.1) is 0 Å². The molecule has 1 N–H and O–H groups in total. The first kappa shape index (κ1) is 12.0. The molecule has 0 aromatic carbocycles. The fraction of sp³-hybridized carbons (Fsp3) is 1.00. The largest absolute Gasteiger partial charge is 0.316 e. The zero-order valence-electron chi connectivity index (χ0n) is 10.2. The van der Waals surface area contributed by atoms with Gasteiger partial charge in [0.05, 0.1) is 0 Å². The Morgan fingerprint density at radius 2 is 1.64 bits per heavy atom. The molecule has 0 aromatic rings. The molecule has 0 amide bonds. The second-order valence-corrected chi connectivity index (χ2v) is 4.79. The van der Waals surface area contributed by atoms with Gasteiger partial charge in [0.2, 0.25) is 0 Å². The molecule has 0 spiro atoms. The summed E-state index contributed by atoms with van der Waals surface area (Å²) >= 11 is 0. The van der Waals surface area contributed by atoms with E-state index in [-0.39, 0.29) is 0 Å². The summed E-state index contributed by atoms with van der Waals surface area (Å²) in [6.07, 6.45) is 9.98. The van der Waals surface area contributed by atoms with Gasteiger partial charge in [0.15, 0.2) is 0 Å². The summed E-state index contributed by atoms with van der Waals surface area (Å²) in [5.41, 5.74) is 0. The van der Waals surface area contributed by atoms with E-state index in [2.05, 4.69) is 26.2 Å². The maximum atomic E-state index is 3.57. The van der Waals surface area contributed by atoms with Crippen LogP contribution in [0.2, 0.25) is 0 Å². The number of hydrogen-bond acceptors (Lipinski definition) is 1. The molecule has 14 heavy (non-hydrogen) atoms. The molecular weight excluding hydrogens is 170 g/mol. The topological polar surface area (TPSA) is 12.0 Å². The Hall–Kier alpha value is -0.0400. The maximum absolute atomic E-state index is 3.57. The van der Waals surface area contributed by atoms with E-state index in [1.54, 1.807) is 0 Å². The Morgan fingerprint density at radius 1 is 1.07 bits per heavy atom. The standard InChI is InChI=1S/C13H27N/c1-4-11(5-2)13(14-3)12-9-7-6-8-10-12/h11-14H,4-10H2,1-3H3. The second kappa shape index (κ2) is 6.44. The van der Waals surface area contributed by atoms with Crippen LogP contribution in [-0.4, -0.2) is 13.1 Å². The third kappa shape index (κ3) is 2.98. The minimum Gasteiger partial charge on any atom is -0.316 e. The predicted molar refractivity (Wildman–Crippen MR) is 63.5 cm³/mol. The van der Waals surface area contributed by atoms with Crippen molar-refractivity contribution in [3.63, 3.8) is 0 Å². The fourth-order valence-corrected chi connectivity index (χ4v) is 3.15. The lowest BCUT2D eigenvalue weighted by Crippen LogP contribution is -2.40. The first-order valence-electron chi connectivity index (χ1n) is 6.50. The molecular formula is C13H27N. The highest BCUT2D eigenvalue weighted by molar-refractivity contribution is 4.83. The quantitative estimate of drug-likeness (QED) is 0.710. The minimum atomic E-state index is 0.783. The molecule has 1 rings (SSSR count). The predicted octanol–water partition coefficient (Wildman–Crippen LogP) is 3.59. The highest BCUT2D eigenvalue weighted by atomic mass is 14.9. The molecule has 0 aliphatic heterocycles. The Kier molecular flexibility index (Phi) is 5.54. The van der Waals surface area contributed by atoms with Gasteiger partial charge in [-0.1, -0.05) is 46.0 Å². The van der Waals surface area contributed by atoms with Gasteiger partial charge in [-0.05, 0) is 31.7 Å². The van der Waals surface area contributed by atoms with Crippen molar-refractivity contribution in [1.82, 2.24) is 5.32 Å². The molecule has 84 valence electrons. The Balaban J connectivity index is 2.49. The highest BCUT2D eigenvalue weighted by Gasteiger charge is 2.27. The van der Waals surface area contributed by atoms with Gasteiger partial charge in [-0.3, -0.25) is 0 Å². The normalized spacial score (nSPS) is 21.4. The highest BCUT2D eigenvalue weighted by Crippen LogP contribution is 2.31. The van der Waals surface area contributed by atoms with Gasteiger partial charge in [0, 0.05) is 6.04 Å². The lowest BCUT2D eigenvalue weighted by atomic mass is 9.77. The SMILES string of the molecule is CCC(CC)C(NC)C1CCCCC1. The molecule has 1 heteroatoms. The molecule has 1 atom stereocenters. The minimum absolute atomic E-state index is 0.783. The van der Waals surface area contributed by atoms with E-state index in [1.165, 1.54) is 44.9 Å². The van der Waals surface area contributed by atoms with E-state index in [4.69, 9.17) is 0 Å². The first-order chi connectivity index (χ1) is 6.83. The van der Waals surface area contributed by atoms with Crippen molar-refractivity contribution in [2.24, 2.45) is 11.8 Å². The van der Waals surface area contributed by atoms with Crippen LogP contribution in [-0.2, 0) is 0 Å². The smallest absolute Gasteiger partial charge is 0.0120 e. The molecule has 0 aromatic heterocycles. The Morgan fingerprint density at radius 3 is 2.07 bits per heavy atom. The van der Waals surface area contributed by atoms with Gasteiger partial charge in [-0.25, -0.2) is 0 Å². The van der Waals surface area contributed by atoms with E-state index in [0.29, 0.717) is 0 Å². The molecule has 1 aliphatic rings. The van der Waals surface area contributed by atoms with Crippen molar-refractivity contribution >= 4 is 0 Å². The van der Waals surface area contributed by atoms with Crippen LogP contribution in [0.5, 0.6) is 0 Å². The lowest BCUT2D eigenvalue weighted by Gasteiger charge is -2.35.